The molecule has 4 heteroatoms. The smallest absolute Gasteiger partial charge is 0.270 e. The van der Waals surface area contributed by atoms with Gasteiger partial charge in [0.15, 0.2) is 0 Å². The normalized spacial score (nSPS) is 19.2. The number of amides is 1. The van der Waals surface area contributed by atoms with Crippen LogP contribution in [0.3, 0.4) is 0 Å². The van der Waals surface area contributed by atoms with Gasteiger partial charge in [-0.2, -0.15) is 0 Å². The third-order valence-corrected chi connectivity index (χ3v) is 4.96. The summed E-state index contributed by atoms with van der Waals surface area (Å²) >= 11 is 1.81. The lowest BCUT2D eigenvalue weighted by molar-refractivity contribution is 0.0597. The first-order valence-corrected chi connectivity index (χ1v) is 8.19. The molecule has 0 aliphatic carbocycles. The lowest BCUT2D eigenvalue weighted by Crippen LogP contribution is -2.44. The topological polar surface area (TPSA) is 36.1 Å². The molecule has 1 fully saturated rings. The standard InChI is InChI=1S/C16H20N2OS/c19-16(15-7-3-10-17-15)18-11-2-1-5-13(18)8-9-14-6-4-12-20-14/h3-4,6-7,10,12-13,17H,1-2,5,8-9,11H2. The third kappa shape index (κ3) is 2.96. The second kappa shape index (κ2) is 6.27. The van der Waals surface area contributed by atoms with Gasteiger partial charge in [0, 0.05) is 23.7 Å². The number of hydrogen-bond acceptors (Lipinski definition) is 2. The Morgan fingerprint density at radius 1 is 1.35 bits per heavy atom. The van der Waals surface area contributed by atoms with Gasteiger partial charge in [0.2, 0.25) is 0 Å². The Hall–Kier alpha value is -1.55. The zero-order chi connectivity index (χ0) is 13.8. The van der Waals surface area contributed by atoms with Crippen molar-refractivity contribution in [1.82, 2.24) is 9.88 Å². The highest BCUT2D eigenvalue weighted by atomic mass is 32.1. The van der Waals surface area contributed by atoms with E-state index in [9.17, 15) is 4.79 Å². The van der Waals surface area contributed by atoms with Gasteiger partial charge in [-0.25, -0.2) is 0 Å². The maximum absolute atomic E-state index is 12.5. The van der Waals surface area contributed by atoms with Crippen LogP contribution >= 0.6 is 11.3 Å². The van der Waals surface area contributed by atoms with E-state index in [2.05, 4.69) is 27.4 Å². The second-order valence-electron chi connectivity index (χ2n) is 5.35. The van der Waals surface area contributed by atoms with Crippen LogP contribution in [0.4, 0.5) is 0 Å². The molecule has 0 saturated carbocycles. The summed E-state index contributed by atoms with van der Waals surface area (Å²) in [6.45, 7) is 0.896. The molecule has 0 bridgehead atoms. The number of carbonyl (C=O) groups is 1. The number of nitrogens with one attached hydrogen (secondary N) is 1. The lowest BCUT2D eigenvalue weighted by atomic mass is 9.97. The molecule has 0 spiro atoms. The van der Waals surface area contributed by atoms with Crippen LogP contribution in [-0.4, -0.2) is 28.4 Å². The summed E-state index contributed by atoms with van der Waals surface area (Å²) in [4.78, 5) is 19.1. The predicted molar refractivity (Wildman–Crippen MR) is 82.1 cm³/mol. The molecule has 1 aliphatic rings. The van der Waals surface area contributed by atoms with Crippen molar-refractivity contribution in [1.29, 1.82) is 0 Å². The quantitative estimate of drug-likeness (QED) is 0.915. The largest absolute Gasteiger partial charge is 0.357 e. The summed E-state index contributed by atoms with van der Waals surface area (Å²) in [5.74, 6) is 0.158. The van der Waals surface area contributed by atoms with E-state index in [1.165, 1.54) is 11.3 Å². The Labute approximate surface area is 123 Å². The van der Waals surface area contributed by atoms with Gasteiger partial charge < -0.3 is 9.88 Å². The minimum absolute atomic E-state index is 0.158. The van der Waals surface area contributed by atoms with Crippen LogP contribution in [0.25, 0.3) is 0 Å². The molecule has 1 saturated heterocycles. The highest BCUT2D eigenvalue weighted by Gasteiger charge is 2.27. The van der Waals surface area contributed by atoms with Gasteiger partial charge in [0.05, 0.1) is 0 Å². The minimum Gasteiger partial charge on any atom is -0.357 e. The van der Waals surface area contributed by atoms with Crippen molar-refractivity contribution in [2.24, 2.45) is 0 Å². The molecule has 1 N–H and O–H groups in total. The van der Waals surface area contributed by atoms with Crippen LogP contribution in [0.2, 0.25) is 0 Å². The van der Waals surface area contributed by atoms with Crippen LogP contribution < -0.4 is 0 Å². The lowest BCUT2D eigenvalue weighted by Gasteiger charge is -2.35. The van der Waals surface area contributed by atoms with Crippen molar-refractivity contribution in [2.45, 2.75) is 38.1 Å². The third-order valence-electron chi connectivity index (χ3n) is 4.02. The zero-order valence-corrected chi connectivity index (χ0v) is 12.4. The molecule has 3 nitrogen and oxygen atoms in total. The summed E-state index contributed by atoms with van der Waals surface area (Å²) in [5.41, 5.74) is 0.716. The van der Waals surface area contributed by atoms with Crippen molar-refractivity contribution < 1.29 is 4.79 Å². The van der Waals surface area contributed by atoms with Crippen LogP contribution in [0.15, 0.2) is 35.8 Å². The Morgan fingerprint density at radius 3 is 3.05 bits per heavy atom. The van der Waals surface area contributed by atoms with Crippen LogP contribution in [0, 0.1) is 0 Å². The van der Waals surface area contributed by atoms with Gasteiger partial charge in [-0.15, -0.1) is 11.3 Å². The Morgan fingerprint density at radius 2 is 2.30 bits per heavy atom. The molecular weight excluding hydrogens is 268 g/mol. The average molecular weight is 288 g/mol. The van der Waals surface area contributed by atoms with Gasteiger partial charge in [-0.1, -0.05) is 6.07 Å². The number of likely N-dealkylation sites (tertiary alicyclic amines) is 1. The first kappa shape index (κ1) is 13.4. The molecule has 1 aliphatic heterocycles. The number of hydrogen-bond donors (Lipinski definition) is 1. The van der Waals surface area contributed by atoms with E-state index in [1.54, 1.807) is 0 Å². The number of H-pyrrole nitrogens is 1. The average Bonchev–Trinajstić information content (AvgIpc) is 3.18. The Kier molecular flexibility index (Phi) is 4.21. The van der Waals surface area contributed by atoms with Gasteiger partial charge in [0.25, 0.3) is 5.91 Å². The fraction of sp³-hybridized carbons (Fsp3) is 0.438. The van der Waals surface area contributed by atoms with E-state index >= 15 is 0 Å². The molecule has 20 heavy (non-hydrogen) atoms. The van der Waals surface area contributed by atoms with Crippen molar-refractivity contribution >= 4 is 17.2 Å². The van der Waals surface area contributed by atoms with Gasteiger partial charge >= 0.3 is 0 Å². The number of thiophene rings is 1. The fourth-order valence-electron chi connectivity index (χ4n) is 2.95. The van der Waals surface area contributed by atoms with Crippen molar-refractivity contribution in [3.63, 3.8) is 0 Å². The van der Waals surface area contributed by atoms with E-state index in [-0.39, 0.29) is 5.91 Å². The van der Waals surface area contributed by atoms with E-state index < -0.39 is 0 Å². The van der Waals surface area contributed by atoms with Crippen molar-refractivity contribution in [3.05, 3.63) is 46.4 Å². The van der Waals surface area contributed by atoms with Gasteiger partial charge in [-0.05, 0) is 55.7 Å². The first-order valence-electron chi connectivity index (χ1n) is 7.31. The van der Waals surface area contributed by atoms with E-state index in [0.29, 0.717) is 11.7 Å². The first-order chi connectivity index (χ1) is 9.84. The molecule has 1 amide bonds. The molecule has 106 valence electrons. The highest BCUT2D eigenvalue weighted by molar-refractivity contribution is 7.09. The van der Waals surface area contributed by atoms with E-state index in [4.69, 9.17) is 0 Å². The minimum atomic E-state index is 0.158. The Bertz CT molecular complexity index is 533. The Balaban J connectivity index is 1.66. The molecule has 0 aromatic carbocycles. The summed E-state index contributed by atoms with van der Waals surface area (Å²) < 4.78 is 0. The predicted octanol–water partition coefficient (Wildman–Crippen LogP) is 3.70. The molecule has 1 atom stereocenters. The molecule has 3 heterocycles. The van der Waals surface area contributed by atoms with E-state index in [1.807, 2.05) is 29.7 Å². The second-order valence-corrected chi connectivity index (χ2v) is 6.38. The molecule has 3 rings (SSSR count). The number of aromatic amines is 1. The van der Waals surface area contributed by atoms with Gasteiger partial charge in [0.1, 0.15) is 5.69 Å². The number of piperidine rings is 1. The van der Waals surface area contributed by atoms with Crippen molar-refractivity contribution in [2.75, 3.05) is 6.54 Å². The molecule has 2 aromatic rings. The fourth-order valence-corrected chi connectivity index (χ4v) is 3.67. The summed E-state index contributed by atoms with van der Waals surface area (Å²) in [6, 6.07) is 8.43. The van der Waals surface area contributed by atoms with Crippen molar-refractivity contribution in [3.8, 4) is 0 Å². The number of rotatable bonds is 4. The van der Waals surface area contributed by atoms with Crippen LogP contribution in [-0.2, 0) is 6.42 Å². The zero-order valence-electron chi connectivity index (χ0n) is 11.5. The summed E-state index contributed by atoms with van der Waals surface area (Å²) in [6.07, 6.45) is 7.48. The van der Waals surface area contributed by atoms with Crippen LogP contribution in [0.1, 0.15) is 41.0 Å². The number of carbonyl (C=O) groups excluding carboxylic acids is 1. The summed E-state index contributed by atoms with van der Waals surface area (Å²) in [5, 5.41) is 2.12. The summed E-state index contributed by atoms with van der Waals surface area (Å²) in [7, 11) is 0. The molecular formula is C16H20N2OS. The molecule has 0 radical (unpaired) electrons. The highest BCUT2D eigenvalue weighted by Crippen LogP contribution is 2.24. The number of nitrogens with zero attached hydrogens (tertiary/aromatic N) is 1. The number of aryl methyl sites for hydroxylation is 1. The molecule has 1 unspecified atom stereocenters. The monoisotopic (exact) mass is 288 g/mol. The van der Waals surface area contributed by atoms with Gasteiger partial charge in [-0.3, -0.25) is 4.79 Å². The van der Waals surface area contributed by atoms with E-state index in [0.717, 1.165) is 32.2 Å². The molecule has 2 aromatic heterocycles. The number of aromatic nitrogens is 1. The maximum atomic E-state index is 12.5. The van der Waals surface area contributed by atoms with Crippen LogP contribution in [0.5, 0.6) is 0 Å². The SMILES string of the molecule is O=C(c1ccc[nH]1)N1CCCCC1CCc1cccs1. The maximum Gasteiger partial charge on any atom is 0.270 e.